The fraction of sp³-hybridized carbons (Fsp3) is 0.0833. The number of hydrazone groups is 1. The molecule has 3 aromatic carbocycles. The maximum atomic E-state index is 12.5. The van der Waals surface area contributed by atoms with Gasteiger partial charge < -0.3 is 4.74 Å². The van der Waals surface area contributed by atoms with E-state index in [2.05, 4.69) is 20.7 Å². The molecule has 0 aliphatic heterocycles. The molecule has 0 atom stereocenters. The zero-order chi connectivity index (χ0) is 22.3. The van der Waals surface area contributed by atoms with E-state index in [1.54, 1.807) is 0 Å². The average molecular weight is 444 g/mol. The number of nitrogens with one attached hydrogen (secondary N) is 1. The Labute approximate surface area is 190 Å². The highest BCUT2D eigenvalue weighted by molar-refractivity contribution is 8.15. The molecule has 1 N–H and O–H groups in total. The molecule has 0 bridgehead atoms. The summed E-state index contributed by atoms with van der Waals surface area (Å²) in [5, 5.41) is 13.6. The Balaban J connectivity index is 1.73. The van der Waals surface area contributed by atoms with E-state index in [1.165, 1.54) is 7.11 Å². The minimum atomic E-state index is -0.570. The first-order chi connectivity index (χ1) is 15.7. The van der Waals surface area contributed by atoms with Crippen LogP contribution in [0.4, 0.5) is 5.69 Å². The van der Waals surface area contributed by atoms with Gasteiger partial charge in [0.15, 0.2) is 5.82 Å². The highest BCUT2D eigenvalue weighted by Crippen LogP contribution is 2.29. The number of hydrogen-bond donors (Lipinski definition) is 1. The van der Waals surface area contributed by atoms with Crippen LogP contribution in [0.1, 0.15) is 5.56 Å². The Morgan fingerprint density at radius 2 is 1.69 bits per heavy atom. The van der Waals surface area contributed by atoms with Crippen LogP contribution in [0, 0.1) is 6.92 Å². The van der Waals surface area contributed by atoms with E-state index >= 15 is 0 Å². The standard InChI is InChI=1S/C24H21N5O2S/c1-17-10-9-13-19(16-17)25-27-22(23(30)31-2)32-24-28-26-21(18-11-5-3-6-12-18)29(24)20-14-7-4-8-15-20/h3-16,25H,1-2H3/b27-22-. The van der Waals surface area contributed by atoms with Gasteiger partial charge in [-0.05, 0) is 48.5 Å². The van der Waals surface area contributed by atoms with E-state index in [4.69, 9.17) is 4.74 Å². The maximum absolute atomic E-state index is 12.5. The van der Waals surface area contributed by atoms with Crippen LogP contribution in [0.2, 0.25) is 0 Å². The largest absolute Gasteiger partial charge is 0.464 e. The van der Waals surface area contributed by atoms with E-state index < -0.39 is 5.97 Å². The third-order valence-corrected chi connectivity index (χ3v) is 5.43. The lowest BCUT2D eigenvalue weighted by molar-refractivity contribution is -0.132. The summed E-state index contributed by atoms with van der Waals surface area (Å²) in [5.41, 5.74) is 6.55. The van der Waals surface area contributed by atoms with E-state index in [-0.39, 0.29) is 5.04 Å². The molecular formula is C24H21N5O2S. The van der Waals surface area contributed by atoms with Crippen molar-refractivity contribution in [2.45, 2.75) is 12.1 Å². The first-order valence-corrected chi connectivity index (χ1v) is 10.7. The number of esters is 1. The van der Waals surface area contributed by atoms with Gasteiger partial charge in [0.2, 0.25) is 10.2 Å². The van der Waals surface area contributed by atoms with Gasteiger partial charge in [-0.2, -0.15) is 5.10 Å². The van der Waals surface area contributed by atoms with Crippen LogP contribution in [0.3, 0.4) is 0 Å². The van der Waals surface area contributed by atoms with Crippen molar-refractivity contribution < 1.29 is 9.53 Å². The molecule has 0 fully saturated rings. The highest BCUT2D eigenvalue weighted by atomic mass is 32.2. The van der Waals surface area contributed by atoms with E-state index in [0.717, 1.165) is 34.3 Å². The predicted octanol–water partition coefficient (Wildman–Crippen LogP) is 4.93. The number of carbonyl (C=O) groups excluding carboxylic acids is 1. The Morgan fingerprint density at radius 1 is 0.969 bits per heavy atom. The predicted molar refractivity (Wildman–Crippen MR) is 127 cm³/mol. The monoisotopic (exact) mass is 443 g/mol. The van der Waals surface area contributed by atoms with Gasteiger partial charge in [-0.25, -0.2) is 4.79 Å². The van der Waals surface area contributed by atoms with Crippen LogP contribution in [0.25, 0.3) is 17.1 Å². The Morgan fingerprint density at radius 3 is 2.38 bits per heavy atom. The van der Waals surface area contributed by atoms with E-state index in [1.807, 2.05) is 96.4 Å². The molecule has 0 amide bonds. The molecule has 0 radical (unpaired) electrons. The first kappa shape index (κ1) is 21.3. The second kappa shape index (κ2) is 9.93. The van der Waals surface area contributed by atoms with Gasteiger partial charge in [0.05, 0.1) is 12.8 Å². The number of thioether (sulfide) groups is 1. The fourth-order valence-corrected chi connectivity index (χ4v) is 3.83. The quantitative estimate of drug-likeness (QED) is 0.155. The minimum absolute atomic E-state index is 0.109. The second-order valence-electron chi connectivity index (χ2n) is 6.84. The summed E-state index contributed by atoms with van der Waals surface area (Å²) >= 11 is 1.08. The molecular weight excluding hydrogens is 422 g/mol. The number of ether oxygens (including phenoxy) is 1. The van der Waals surface area contributed by atoms with Gasteiger partial charge >= 0.3 is 5.97 Å². The lowest BCUT2D eigenvalue weighted by Gasteiger charge is -2.11. The Bertz CT molecular complexity index is 1240. The van der Waals surface area contributed by atoms with Crippen molar-refractivity contribution in [3.8, 4) is 17.1 Å². The fourth-order valence-electron chi connectivity index (χ4n) is 3.03. The number of methoxy groups -OCH3 is 1. The van der Waals surface area contributed by atoms with Crippen molar-refractivity contribution in [3.05, 3.63) is 90.5 Å². The number of benzene rings is 3. The Kier molecular flexibility index (Phi) is 6.62. The lowest BCUT2D eigenvalue weighted by Crippen LogP contribution is -2.15. The SMILES string of the molecule is COC(=O)/C(=N/Nc1cccc(C)c1)Sc1nnc(-c2ccccc2)n1-c1ccccc1. The molecule has 32 heavy (non-hydrogen) atoms. The second-order valence-corrected chi connectivity index (χ2v) is 7.79. The van der Waals surface area contributed by atoms with Crippen LogP contribution in [-0.2, 0) is 9.53 Å². The molecule has 0 spiro atoms. The van der Waals surface area contributed by atoms with Crippen molar-refractivity contribution >= 4 is 28.5 Å². The molecule has 0 unspecified atom stereocenters. The molecule has 1 heterocycles. The minimum Gasteiger partial charge on any atom is -0.464 e. The summed E-state index contributed by atoms with van der Waals surface area (Å²) in [4.78, 5) is 12.5. The molecule has 7 nitrogen and oxygen atoms in total. The number of nitrogens with zero attached hydrogens (tertiary/aromatic N) is 4. The molecule has 1 aromatic heterocycles. The summed E-state index contributed by atoms with van der Waals surface area (Å²) in [6.07, 6.45) is 0. The van der Waals surface area contributed by atoms with E-state index in [9.17, 15) is 4.79 Å². The van der Waals surface area contributed by atoms with Crippen molar-refractivity contribution in [2.75, 3.05) is 12.5 Å². The number of hydrogen-bond acceptors (Lipinski definition) is 7. The summed E-state index contributed by atoms with van der Waals surface area (Å²) in [6.45, 7) is 1.98. The maximum Gasteiger partial charge on any atom is 0.365 e. The number of aryl methyl sites for hydroxylation is 1. The van der Waals surface area contributed by atoms with Crippen molar-refractivity contribution in [1.82, 2.24) is 14.8 Å². The lowest BCUT2D eigenvalue weighted by atomic mass is 10.2. The number of rotatable bonds is 5. The molecule has 0 aliphatic rings. The van der Waals surface area contributed by atoms with Gasteiger partial charge in [-0.15, -0.1) is 10.2 Å². The zero-order valence-corrected chi connectivity index (χ0v) is 18.4. The molecule has 4 aromatic rings. The van der Waals surface area contributed by atoms with Crippen molar-refractivity contribution in [2.24, 2.45) is 5.10 Å². The highest BCUT2D eigenvalue weighted by Gasteiger charge is 2.22. The summed E-state index contributed by atoms with van der Waals surface area (Å²) in [7, 11) is 1.32. The van der Waals surface area contributed by atoms with Crippen molar-refractivity contribution in [3.63, 3.8) is 0 Å². The van der Waals surface area contributed by atoms with Crippen LogP contribution >= 0.6 is 11.8 Å². The van der Waals surface area contributed by atoms with Gasteiger partial charge in [0, 0.05) is 11.3 Å². The van der Waals surface area contributed by atoms with Gasteiger partial charge in [0.1, 0.15) is 0 Å². The van der Waals surface area contributed by atoms with Crippen LogP contribution in [0.5, 0.6) is 0 Å². The molecule has 160 valence electrons. The van der Waals surface area contributed by atoms with E-state index in [0.29, 0.717) is 11.0 Å². The van der Waals surface area contributed by atoms with Crippen LogP contribution in [0.15, 0.2) is 95.2 Å². The Hall–Kier alpha value is -3.91. The summed E-state index contributed by atoms with van der Waals surface area (Å²) in [6, 6.07) is 27.2. The van der Waals surface area contributed by atoms with Crippen LogP contribution in [-0.4, -0.2) is 32.9 Å². The summed E-state index contributed by atoms with van der Waals surface area (Å²) in [5.74, 6) is 0.0918. The molecule has 4 rings (SSSR count). The molecule has 0 saturated heterocycles. The number of carbonyl (C=O) groups is 1. The number of para-hydroxylation sites is 1. The number of anilines is 1. The van der Waals surface area contributed by atoms with Crippen molar-refractivity contribution in [1.29, 1.82) is 0 Å². The molecule has 8 heteroatoms. The zero-order valence-electron chi connectivity index (χ0n) is 17.6. The van der Waals surface area contributed by atoms with Gasteiger partial charge in [0.25, 0.3) is 0 Å². The summed E-state index contributed by atoms with van der Waals surface area (Å²) < 4.78 is 6.84. The number of aromatic nitrogens is 3. The third-order valence-electron chi connectivity index (χ3n) is 4.53. The molecule has 0 aliphatic carbocycles. The van der Waals surface area contributed by atoms with Gasteiger partial charge in [-0.1, -0.05) is 60.7 Å². The van der Waals surface area contributed by atoms with Gasteiger partial charge in [-0.3, -0.25) is 9.99 Å². The van der Waals surface area contributed by atoms with Crippen LogP contribution < -0.4 is 5.43 Å². The topological polar surface area (TPSA) is 81.4 Å². The molecule has 0 saturated carbocycles. The smallest absolute Gasteiger partial charge is 0.365 e. The normalized spacial score (nSPS) is 11.2. The third kappa shape index (κ3) is 4.87. The average Bonchev–Trinajstić information content (AvgIpc) is 3.26. The first-order valence-electron chi connectivity index (χ1n) is 9.88.